The van der Waals surface area contributed by atoms with E-state index in [1.54, 1.807) is 0 Å². The zero-order valence-corrected chi connectivity index (χ0v) is 9.46. The van der Waals surface area contributed by atoms with Crippen molar-refractivity contribution in [1.82, 2.24) is 0 Å². The monoisotopic (exact) mass is 206 g/mol. The minimum atomic E-state index is -0.969. The average Bonchev–Trinajstić information content (AvgIpc) is 2.04. The summed E-state index contributed by atoms with van der Waals surface area (Å²) >= 11 is 0. The summed E-state index contributed by atoms with van der Waals surface area (Å²) in [6.45, 7) is 0. The molecule has 14 heavy (non-hydrogen) atoms. The van der Waals surface area contributed by atoms with Gasteiger partial charge >= 0.3 is 29.6 Å². The standard InChI is InChI=1S/C9H6F2O2.Na/c10-6-2-1-3-7(11)9(6)8(13)4-5-12;/h1-5,12H;/q;+1/p-1/b5-4+;. The Hall–Kier alpha value is -0.710. The second kappa shape index (κ2) is 5.90. The number of hydrogen-bond acceptors (Lipinski definition) is 2. The first kappa shape index (κ1) is 13.3. The van der Waals surface area contributed by atoms with Crippen molar-refractivity contribution in [2.75, 3.05) is 0 Å². The van der Waals surface area contributed by atoms with Gasteiger partial charge in [-0.3, -0.25) is 4.79 Å². The number of benzene rings is 1. The molecule has 0 atom stereocenters. The third-order valence-corrected chi connectivity index (χ3v) is 1.43. The van der Waals surface area contributed by atoms with Crippen LogP contribution < -0.4 is 34.7 Å². The minimum Gasteiger partial charge on any atom is -0.878 e. The van der Waals surface area contributed by atoms with E-state index in [9.17, 15) is 18.7 Å². The van der Waals surface area contributed by atoms with Gasteiger partial charge in [0.2, 0.25) is 0 Å². The van der Waals surface area contributed by atoms with Gasteiger partial charge in [-0.15, -0.1) is 6.26 Å². The Morgan fingerprint density at radius 3 is 2.21 bits per heavy atom. The molecule has 0 heterocycles. The van der Waals surface area contributed by atoms with E-state index in [0.29, 0.717) is 6.08 Å². The molecule has 1 rings (SSSR count). The first-order chi connectivity index (χ1) is 6.16. The molecule has 0 radical (unpaired) electrons. The topological polar surface area (TPSA) is 40.1 Å². The average molecular weight is 206 g/mol. The molecular formula is C9H5F2NaO2. The van der Waals surface area contributed by atoms with Crippen LogP contribution in [0.4, 0.5) is 8.78 Å². The summed E-state index contributed by atoms with van der Waals surface area (Å²) in [5, 5.41) is 9.89. The molecular weight excluding hydrogens is 201 g/mol. The van der Waals surface area contributed by atoms with E-state index in [4.69, 9.17) is 0 Å². The first-order valence-electron chi connectivity index (χ1n) is 3.43. The molecule has 0 fully saturated rings. The van der Waals surface area contributed by atoms with Crippen molar-refractivity contribution in [1.29, 1.82) is 0 Å². The molecule has 0 aliphatic rings. The van der Waals surface area contributed by atoms with Gasteiger partial charge in [-0.1, -0.05) is 6.07 Å². The van der Waals surface area contributed by atoms with Gasteiger partial charge in [-0.05, 0) is 18.2 Å². The molecule has 0 N–H and O–H groups in total. The summed E-state index contributed by atoms with van der Waals surface area (Å²) in [5.74, 6) is -2.91. The van der Waals surface area contributed by atoms with E-state index in [1.165, 1.54) is 0 Å². The third-order valence-electron chi connectivity index (χ3n) is 1.43. The fourth-order valence-corrected chi connectivity index (χ4v) is 0.878. The largest absolute Gasteiger partial charge is 1.00 e. The van der Waals surface area contributed by atoms with Crippen molar-refractivity contribution in [3.05, 3.63) is 47.7 Å². The van der Waals surface area contributed by atoms with Crippen LogP contribution in [-0.4, -0.2) is 5.78 Å². The van der Waals surface area contributed by atoms with Crippen LogP contribution in [0, 0.1) is 11.6 Å². The number of allylic oxidation sites excluding steroid dienone is 1. The Bertz CT molecular complexity index is 344. The van der Waals surface area contributed by atoms with Crippen LogP contribution in [0.15, 0.2) is 30.5 Å². The predicted octanol–water partition coefficient (Wildman–Crippen LogP) is -1.97. The Labute approximate surface area is 102 Å². The van der Waals surface area contributed by atoms with Gasteiger partial charge in [0, 0.05) is 0 Å². The molecule has 0 amide bonds. The van der Waals surface area contributed by atoms with Crippen LogP contribution in [0.1, 0.15) is 10.4 Å². The summed E-state index contributed by atoms with van der Waals surface area (Å²) in [4.78, 5) is 10.9. The van der Waals surface area contributed by atoms with Gasteiger partial charge in [0.25, 0.3) is 0 Å². The Morgan fingerprint density at radius 2 is 1.79 bits per heavy atom. The SMILES string of the molecule is O=C(/C=C/[O-])c1c(F)cccc1F.[Na+]. The van der Waals surface area contributed by atoms with Gasteiger partial charge in [-0.25, -0.2) is 8.78 Å². The Morgan fingerprint density at radius 1 is 1.29 bits per heavy atom. The minimum absolute atomic E-state index is 0. The van der Waals surface area contributed by atoms with Crippen LogP contribution in [-0.2, 0) is 0 Å². The van der Waals surface area contributed by atoms with Gasteiger partial charge in [0.1, 0.15) is 11.6 Å². The summed E-state index contributed by atoms with van der Waals surface area (Å²) in [6, 6.07) is 3.05. The van der Waals surface area contributed by atoms with Crippen LogP contribution in [0.2, 0.25) is 0 Å². The maximum absolute atomic E-state index is 12.8. The molecule has 0 spiro atoms. The summed E-state index contributed by atoms with van der Waals surface area (Å²) < 4.78 is 25.7. The zero-order chi connectivity index (χ0) is 9.84. The predicted molar refractivity (Wildman–Crippen MR) is 39.8 cm³/mol. The van der Waals surface area contributed by atoms with Crippen molar-refractivity contribution in [2.24, 2.45) is 0 Å². The number of halogens is 2. The summed E-state index contributed by atoms with van der Waals surface area (Å²) in [6.07, 6.45) is 0.760. The molecule has 0 bridgehead atoms. The normalized spacial score (nSPS) is 9.86. The maximum Gasteiger partial charge on any atom is 1.00 e. The Balaban J connectivity index is 0.00000169. The number of carbonyl (C=O) groups excluding carboxylic acids is 1. The van der Waals surface area contributed by atoms with E-state index in [2.05, 4.69) is 0 Å². The number of hydrogen-bond donors (Lipinski definition) is 0. The van der Waals surface area contributed by atoms with Crippen LogP contribution in [0.3, 0.4) is 0 Å². The zero-order valence-electron chi connectivity index (χ0n) is 7.46. The van der Waals surface area contributed by atoms with Crippen molar-refractivity contribution in [2.45, 2.75) is 0 Å². The summed E-state index contributed by atoms with van der Waals surface area (Å²) in [5.41, 5.74) is -0.699. The molecule has 0 unspecified atom stereocenters. The maximum atomic E-state index is 12.8. The first-order valence-corrected chi connectivity index (χ1v) is 3.43. The van der Waals surface area contributed by atoms with Crippen molar-refractivity contribution >= 4 is 5.78 Å². The quantitative estimate of drug-likeness (QED) is 0.243. The number of rotatable bonds is 2. The molecule has 0 saturated heterocycles. The summed E-state index contributed by atoms with van der Waals surface area (Å²) in [7, 11) is 0. The second-order valence-electron chi connectivity index (χ2n) is 2.26. The molecule has 1 aromatic carbocycles. The molecule has 5 heteroatoms. The van der Waals surface area contributed by atoms with E-state index < -0.39 is 23.0 Å². The van der Waals surface area contributed by atoms with Crippen LogP contribution in [0.5, 0.6) is 0 Å². The molecule has 0 saturated carbocycles. The van der Waals surface area contributed by atoms with Gasteiger partial charge in [0.15, 0.2) is 5.78 Å². The van der Waals surface area contributed by atoms with Crippen LogP contribution >= 0.6 is 0 Å². The number of carbonyl (C=O) groups is 1. The Kier molecular flexibility index (Phi) is 5.60. The third kappa shape index (κ3) is 2.90. The second-order valence-corrected chi connectivity index (χ2v) is 2.26. The molecule has 2 nitrogen and oxygen atoms in total. The van der Waals surface area contributed by atoms with E-state index in [-0.39, 0.29) is 35.8 Å². The van der Waals surface area contributed by atoms with E-state index >= 15 is 0 Å². The van der Waals surface area contributed by atoms with Crippen molar-refractivity contribution in [3.63, 3.8) is 0 Å². The molecule has 0 aromatic heterocycles. The van der Waals surface area contributed by atoms with Gasteiger partial charge < -0.3 is 5.11 Å². The van der Waals surface area contributed by atoms with Gasteiger partial charge in [0.05, 0.1) is 5.56 Å². The molecule has 1 aromatic rings. The van der Waals surface area contributed by atoms with Crippen LogP contribution in [0.25, 0.3) is 0 Å². The van der Waals surface area contributed by atoms with Gasteiger partial charge in [-0.2, -0.15) is 0 Å². The number of ketones is 1. The molecule has 68 valence electrons. The molecule has 0 aliphatic carbocycles. The van der Waals surface area contributed by atoms with Crippen molar-refractivity contribution in [3.8, 4) is 0 Å². The molecule has 0 aliphatic heterocycles. The van der Waals surface area contributed by atoms with E-state index in [0.717, 1.165) is 18.2 Å². The fraction of sp³-hybridized carbons (Fsp3) is 0. The van der Waals surface area contributed by atoms with Crippen molar-refractivity contribution < 1.29 is 48.2 Å². The van der Waals surface area contributed by atoms with E-state index in [1.807, 2.05) is 0 Å². The fourth-order valence-electron chi connectivity index (χ4n) is 0.878. The smallest absolute Gasteiger partial charge is 0.878 e.